The number of ether oxygens (including phenoxy) is 5. The molecule has 1 spiro atoms. The smallest absolute Gasteiger partial charge is 0.410 e. The highest BCUT2D eigenvalue weighted by atomic mass is 19.3. The van der Waals surface area contributed by atoms with Crippen LogP contribution < -0.4 is 0 Å². The number of methoxy groups -OCH3 is 1. The van der Waals surface area contributed by atoms with Crippen molar-refractivity contribution in [3.05, 3.63) is 11.6 Å². The second kappa shape index (κ2) is 11.1. The first kappa shape index (κ1) is 28.5. The van der Waals surface area contributed by atoms with Crippen molar-refractivity contribution in [1.29, 1.82) is 0 Å². The van der Waals surface area contributed by atoms with Gasteiger partial charge in [-0.3, -0.25) is 4.90 Å². The number of allylic oxidation sites excluding steroid dienone is 1. The van der Waals surface area contributed by atoms with Gasteiger partial charge in [0.25, 0.3) is 6.43 Å². The molecule has 220 valence electrons. The number of epoxide rings is 2. The van der Waals surface area contributed by atoms with Crippen LogP contribution in [-0.4, -0.2) is 128 Å². The maximum absolute atomic E-state index is 13.0. The summed E-state index contributed by atoms with van der Waals surface area (Å²) >= 11 is 0. The lowest BCUT2D eigenvalue weighted by Gasteiger charge is -2.44. The van der Waals surface area contributed by atoms with E-state index in [1.165, 1.54) is 15.4 Å². The van der Waals surface area contributed by atoms with Crippen molar-refractivity contribution >= 4 is 12.2 Å². The SMILES string of the molecule is CO[C@H]1C([C@@]2(C)O[C@@H]2CC=C(C)C)[C@]2(CC[C@H]1OC(=O)N1CC(OC(=O)N3CCN(CC(F)F)CC3)C1)CO2. The van der Waals surface area contributed by atoms with Gasteiger partial charge in [-0.1, -0.05) is 11.6 Å². The minimum absolute atomic E-state index is 0.0524. The Bertz CT molecular complexity index is 946. The Kier molecular flexibility index (Phi) is 8.11. The molecule has 1 saturated carbocycles. The van der Waals surface area contributed by atoms with Crippen molar-refractivity contribution < 1.29 is 42.1 Å². The van der Waals surface area contributed by atoms with Crippen molar-refractivity contribution in [3.63, 3.8) is 0 Å². The largest absolute Gasteiger partial charge is 0.443 e. The van der Waals surface area contributed by atoms with Crippen molar-refractivity contribution in [2.24, 2.45) is 5.92 Å². The Morgan fingerprint density at radius 3 is 2.33 bits per heavy atom. The Balaban J connectivity index is 1.09. The van der Waals surface area contributed by atoms with E-state index in [0.29, 0.717) is 39.2 Å². The highest BCUT2D eigenvalue weighted by molar-refractivity contribution is 5.71. The molecule has 39 heavy (non-hydrogen) atoms. The molecule has 10 nitrogen and oxygen atoms in total. The maximum atomic E-state index is 13.0. The fraction of sp³-hybridized carbons (Fsp3) is 0.852. The number of rotatable bonds is 8. The van der Waals surface area contributed by atoms with Crippen LogP contribution in [0.4, 0.5) is 18.4 Å². The van der Waals surface area contributed by atoms with Crippen molar-refractivity contribution in [2.45, 2.75) is 82.1 Å². The molecule has 5 aliphatic rings. The molecule has 0 aromatic rings. The van der Waals surface area contributed by atoms with Gasteiger partial charge in [0.1, 0.15) is 29.5 Å². The van der Waals surface area contributed by atoms with E-state index in [-0.39, 0.29) is 43.4 Å². The van der Waals surface area contributed by atoms with Gasteiger partial charge in [-0.05, 0) is 40.0 Å². The predicted octanol–water partition coefficient (Wildman–Crippen LogP) is 2.90. The molecule has 4 heterocycles. The number of carbonyl (C=O) groups excluding carboxylic acids is 2. The molecule has 0 aromatic heterocycles. The maximum Gasteiger partial charge on any atom is 0.410 e. The molecule has 4 aliphatic heterocycles. The van der Waals surface area contributed by atoms with Crippen LogP contribution in [0.15, 0.2) is 11.6 Å². The predicted molar refractivity (Wildman–Crippen MR) is 136 cm³/mol. The number of piperazine rings is 1. The van der Waals surface area contributed by atoms with Gasteiger partial charge in [0.05, 0.1) is 38.3 Å². The lowest BCUT2D eigenvalue weighted by atomic mass is 9.68. The zero-order valence-electron chi connectivity index (χ0n) is 23.3. The molecular weight excluding hydrogens is 516 g/mol. The minimum Gasteiger partial charge on any atom is -0.443 e. The van der Waals surface area contributed by atoms with Crippen LogP contribution in [0.1, 0.15) is 40.0 Å². The van der Waals surface area contributed by atoms with Crippen LogP contribution >= 0.6 is 0 Å². The summed E-state index contributed by atoms with van der Waals surface area (Å²) in [6, 6.07) is 0. The summed E-state index contributed by atoms with van der Waals surface area (Å²) in [7, 11) is 1.64. The monoisotopic (exact) mass is 557 g/mol. The third-order valence-electron chi connectivity index (χ3n) is 8.89. The molecule has 2 amide bonds. The molecule has 1 unspecified atom stereocenters. The first-order valence-electron chi connectivity index (χ1n) is 13.9. The first-order valence-corrected chi connectivity index (χ1v) is 13.9. The molecule has 1 aliphatic carbocycles. The van der Waals surface area contributed by atoms with E-state index in [9.17, 15) is 18.4 Å². The van der Waals surface area contributed by atoms with Crippen LogP contribution in [0, 0.1) is 5.92 Å². The van der Waals surface area contributed by atoms with E-state index in [1.54, 1.807) is 12.0 Å². The summed E-state index contributed by atoms with van der Waals surface area (Å²) in [6.07, 6.45) is -0.0374. The van der Waals surface area contributed by atoms with E-state index >= 15 is 0 Å². The number of nitrogens with zero attached hydrogens (tertiary/aromatic N) is 3. The first-order chi connectivity index (χ1) is 18.5. The number of carbonyl (C=O) groups is 2. The topological polar surface area (TPSA) is 96.6 Å². The lowest BCUT2D eigenvalue weighted by Crippen LogP contribution is -2.60. The second-order valence-corrected chi connectivity index (χ2v) is 11.9. The third-order valence-corrected chi connectivity index (χ3v) is 8.89. The zero-order chi connectivity index (χ0) is 27.9. The number of halogens is 2. The fourth-order valence-electron chi connectivity index (χ4n) is 6.46. The third kappa shape index (κ3) is 6.03. The van der Waals surface area contributed by atoms with Gasteiger partial charge in [0, 0.05) is 33.3 Å². The molecular formula is C27H41F2N3O7. The zero-order valence-corrected chi connectivity index (χ0v) is 23.3. The normalized spacial score (nSPS) is 36.5. The Hall–Kier alpha value is -2.02. The van der Waals surface area contributed by atoms with Gasteiger partial charge < -0.3 is 33.5 Å². The van der Waals surface area contributed by atoms with Gasteiger partial charge in [-0.25, -0.2) is 18.4 Å². The summed E-state index contributed by atoms with van der Waals surface area (Å²) in [5.74, 6) is -0.0524. The van der Waals surface area contributed by atoms with Crippen LogP contribution in [0.5, 0.6) is 0 Å². The number of hydrogen-bond donors (Lipinski definition) is 0. The molecule has 0 radical (unpaired) electrons. The highest BCUT2D eigenvalue weighted by Crippen LogP contribution is 2.59. The lowest BCUT2D eigenvalue weighted by molar-refractivity contribution is -0.127. The summed E-state index contributed by atoms with van der Waals surface area (Å²) in [5.41, 5.74) is 0.545. The number of amides is 2. The van der Waals surface area contributed by atoms with Crippen molar-refractivity contribution in [3.8, 4) is 0 Å². The Morgan fingerprint density at radius 2 is 1.74 bits per heavy atom. The summed E-state index contributed by atoms with van der Waals surface area (Å²) in [5, 5.41) is 0. The molecule has 5 fully saturated rings. The van der Waals surface area contributed by atoms with Crippen molar-refractivity contribution in [1.82, 2.24) is 14.7 Å². The average Bonchev–Trinajstić information content (AvgIpc) is 3.77. The van der Waals surface area contributed by atoms with E-state index in [1.807, 2.05) is 0 Å². The van der Waals surface area contributed by atoms with Crippen molar-refractivity contribution in [2.75, 3.05) is 59.5 Å². The van der Waals surface area contributed by atoms with Crippen LogP contribution in [0.3, 0.4) is 0 Å². The van der Waals surface area contributed by atoms with Crippen LogP contribution in [-0.2, 0) is 23.7 Å². The summed E-state index contributed by atoms with van der Waals surface area (Å²) in [6.45, 7) is 8.58. The van der Waals surface area contributed by atoms with Gasteiger partial charge in [0.2, 0.25) is 0 Å². The van der Waals surface area contributed by atoms with Gasteiger partial charge in [-0.2, -0.15) is 0 Å². The molecule has 5 rings (SSSR count). The quantitative estimate of drug-likeness (QED) is 0.332. The van der Waals surface area contributed by atoms with E-state index in [0.717, 1.165) is 12.8 Å². The summed E-state index contributed by atoms with van der Waals surface area (Å²) in [4.78, 5) is 30.1. The van der Waals surface area contributed by atoms with Crippen LogP contribution in [0.2, 0.25) is 0 Å². The molecule has 0 aromatic carbocycles. The standard InChI is InChI=1S/C27H41F2N3O7/c1-17(2)5-6-20-26(3,39-20)23-22(35-4)19(7-8-27(23)16-36-27)38-25(34)32-13-18(14-32)37-24(33)31-11-9-30(10-12-31)15-21(28)29/h5,18-23H,6-16H2,1-4H3/t19-,20-,22-,23?,26+,27+/m1/s1. The van der Waals surface area contributed by atoms with E-state index < -0.39 is 36.4 Å². The molecule has 12 heteroatoms. The fourth-order valence-corrected chi connectivity index (χ4v) is 6.46. The Labute approximate surface area is 228 Å². The second-order valence-electron chi connectivity index (χ2n) is 11.9. The highest BCUT2D eigenvalue weighted by Gasteiger charge is 2.72. The molecule has 6 atom stereocenters. The summed E-state index contributed by atoms with van der Waals surface area (Å²) < 4.78 is 54.7. The van der Waals surface area contributed by atoms with E-state index in [2.05, 4.69) is 26.8 Å². The minimum atomic E-state index is -2.39. The number of likely N-dealkylation sites (tertiary alicyclic amines) is 1. The van der Waals surface area contributed by atoms with Crippen LogP contribution in [0.25, 0.3) is 0 Å². The van der Waals surface area contributed by atoms with Gasteiger partial charge in [-0.15, -0.1) is 0 Å². The molecule has 0 N–H and O–H groups in total. The van der Waals surface area contributed by atoms with Gasteiger partial charge in [0.15, 0.2) is 0 Å². The number of alkyl halides is 2. The molecule has 0 bridgehead atoms. The van der Waals surface area contributed by atoms with Gasteiger partial charge >= 0.3 is 12.2 Å². The molecule has 4 saturated heterocycles. The number of hydrogen-bond acceptors (Lipinski definition) is 8. The average molecular weight is 558 g/mol. The van der Waals surface area contributed by atoms with E-state index in [4.69, 9.17) is 23.7 Å². The Morgan fingerprint density at radius 1 is 1.08 bits per heavy atom.